The van der Waals surface area contributed by atoms with E-state index in [1.54, 1.807) is 20.8 Å². The monoisotopic (exact) mass is 261 g/mol. The van der Waals surface area contributed by atoms with Gasteiger partial charge >= 0.3 is 12.1 Å². The van der Waals surface area contributed by atoms with Crippen LogP contribution in [-0.4, -0.2) is 29.4 Å². The molecular formula is C12H20FNO4. The minimum absolute atomic E-state index is 0.396. The van der Waals surface area contributed by atoms with Crippen LogP contribution in [0.15, 0.2) is 11.8 Å². The van der Waals surface area contributed by atoms with E-state index in [-0.39, 0.29) is 0 Å². The number of hydrogen-bond donors (Lipinski definition) is 2. The summed E-state index contributed by atoms with van der Waals surface area (Å²) in [7, 11) is 0. The summed E-state index contributed by atoms with van der Waals surface area (Å²) in [4.78, 5) is 22.3. The van der Waals surface area contributed by atoms with Gasteiger partial charge in [0, 0.05) is 5.41 Å². The van der Waals surface area contributed by atoms with Gasteiger partial charge < -0.3 is 9.84 Å². The van der Waals surface area contributed by atoms with Crippen molar-refractivity contribution in [1.29, 1.82) is 0 Å². The van der Waals surface area contributed by atoms with Crippen LogP contribution in [0.25, 0.3) is 0 Å². The topological polar surface area (TPSA) is 75.6 Å². The Morgan fingerprint density at radius 2 is 1.78 bits per heavy atom. The molecule has 0 aromatic rings. The number of amides is 1. The van der Waals surface area contributed by atoms with Crippen LogP contribution in [0.2, 0.25) is 0 Å². The number of alkyl carbamates (subject to hydrolysis) is 1. The van der Waals surface area contributed by atoms with Gasteiger partial charge in [0.15, 0.2) is 0 Å². The molecule has 5 nitrogen and oxygen atoms in total. The summed E-state index contributed by atoms with van der Waals surface area (Å²) in [6.45, 7) is 7.27. The zero-order valence-corrected chi connectivity index (χ0v) is 11.3. The molecule has 2 N–H and O–H groups in total. The third-order valence-electron chi connectivity index (χ3n) is 1.75. The Kier molecular flexibility index (Phi) is 5.32. The molecule has 0 saturated carbocycles. The van der Waals surface area contributed by atoms with Crippen LogP contribution in [0.4, 0.5) is 9.18 Å². The standard InChI is InChI=1S/C12H20FNO4/c1-11(2,3)18-10(17)14-8(9(15)16)6-12(4,5)7-13/h6H,7H2,1-5H3,(H,14,17)(H,15,16)/b8-6-. The van der Waals surface area contributed by atoms with Crippen molar-refractivity contribution in [3.05, 3.63) is 11.8 Å². The van der Waals surface area contributed by atoms with Crippen LogP contribution in [0.5, 0.6) is 0 Å². The van der Waals surface area contributed by atoms with E-state index in [1.165, 1.54) is 13.8 Å². The second-order valence-corrected chi connectivity index (χ2v) is 5.61. The Morgan fingerprint density at radius 3 is 2.11 bits per heavy atom. The van der Waals surface area contributed by atoms with Gasteiger partial charge in [-0.2, -0.15) is 0 Å². The van der Waals surface area contributed by atoms with Crippen LogP contribution in [0, 0.1) is 5.41 Å². The van der Waals surface area contributed by atoms with Crippen molar-refractivity contribution < 1.29 is 23.8 Å². The number of alkyl halides is 1. The summed E-state index contributed by atoms with van der Waals surface area (Å²) >= 11 is 0. The van der Waals surface area contributed by atoms with Crippen LogP contribution in [0.3, 0.4) is 0 Å². The number of nitrogens with one attached hydrogen (secondary N) is 1. The largest absolute Gasteiger partial charge is 0.477 e. The molecule has 0 aliphatic heterocycles. The minimum Gasteiger partial charge on any atom is -0.477 e. The van der Waals surface area contributed by atoms with E-state index in [9.17, 15) is 14.0 Å². The molecule has 0 atom stereocenters. The Labute approximate surface area is 106 Å². The molecule has 0 radical (unpaired) electrons. The van der Waals surface area contributed by atoms with E-state index in [4.69, 9.17) is 9.84 Å². The fourth-order valence-electron chi connectivity index (χ4n) is 0.994. The predicted octanol–water partition coefficient (Wildman–Crippen LogP) is 2.48. The second kappa shape index (κ2) is 5.84. The second-order valence-electron chi connectivity index (χ2n) is 5.61. The first kappa shape index (κ1) is 16.4. The van der Waals surface area contributed by atoms with Crippen molar-refractivity contribution in [2.45, 2.75) is 40.2 Å². The van der Waals surface area contributed by atoms with Crippen LogP contribution in [-0.2, 0) is 9.53 Å². The van der Waals surface area contributed by atoms with Crippen molar-refractivity contribution >= 4 is 12.1 Å². The number of carboxylic acids is 1. The molecule has 0 aromatic heterocycles. The summed E-state index contributed by atoms with van der Waals surface area (Å²) in [5.41, 5.74) is -2.10. The normalized spacial score (nSPS) is 13.1. The van der Waals surface area contributed by atoms with Crippen molar-refractivity contribution in [2.75, 3.05) is 6.67 Å². The fraction of sp³-hybridized carbons (Fsp3) is 0.667. The lowest BCUT2D eigenvalue weighted by molar-refractivity contribution is -0.133. The van der Waals surface area contributed by atoms with Gasteiger partial charge in [0.1, 0.15) is 11.3 Å². The summed E-state index contributed by atoms with van der Waals surface area (Å²) < 4.78 is 17.5. The maximum absolute atomic E-state index is 12.6. The first-order chi connectivity index (χ1) is 7.97. The molecule has 0 heterocycles. The number of halogens is 1. The maximum atomic E-state index is 12.6. The van der Waals surface area contributed by atoms with Crippen molar-refractivity contribution in [3.8, 4) is 0 Å². The molecule has 0 aliphatic rings. The molecule has 0 saturated heterocycles. The van der Waals surface area contributed by atoms with Crippen LogP contribution in [0.1, 0.15) is 34.6 Å². The molecule has 0 aliphatic carbocycles. The van der Waals surface area contributed by atoms with Crippen LogP contribution < -0.4 is 5.32 Å². The molecule has 0 bridgehead atoms. The molecule has 6 heteroatoms. The number of hydrogen-bond acceptors (Lipinski definition) is 3. The summed E-state index contributed by atoms with van der Waals surface area (Å²) in [5, 5.41) is 11.0. The Hall–Kier alpha value is -1.59. The Bertz CT molecular complexity index is 356. The minimum atomic E-state index is -1.35. The third-order valence-corrected chi connectivity index (χ3v) is 1.75. The van der Waals surface area contributed by atoms with E-state index in [1.807, 2.05) is 0 Å². The van der Waals surface area contributed by atoms with Gasteiger partial charge in [0.2, 0.25) is 0 Å². The van der Waals surface area contributed by atoms with Crippen molar-refractivity contribution in [1.82, 2.24) is 5.32 Å². The number of rotatable bonds is 4. The van der Waals surface area contributed by atoms with Gasteiger partial charge in [-0.25, -0.2) is 9.59 Å². The molecule has 1 amide bonds. The zero-order valence-electron chi connectivity index (χ0n) is 11.3. The number of ether oxygens (including phenoxy) is 1. The SMILES string of the molecule is CC(C)(/C=C(\NC(=O)OC(C)(C)C)C(=O)O)CF. The Morgan fingerprint density at radius 1 is 1.28 bits per heavy atom. The average Bonchev–Trinajstić information content (AvgIpc) is 2.13. The molecule has 0 fully saturated rings. The predicted molar refractivity (Wildman–Crippen MR) is 64.8 cm³/mol. The quantitative estimate of drug-likeness (QED) is 0.762. The highest BCUT2D eigenvalue weighted by atomic mass is 19.1. The van der Waals surface area contributed by atoms with Gasteiger partial charge in [0.25, 0.3) is 0 Å². The summed E-state index contributed by atoms with van der Waals surface area (Å²) in [6, 6.07) is 0. The molecule has 0 unspecified atom stereocenters. The van der Waals surface area contributed by atoms with Crippen molar-refractivity contribution in [2.24, 2.45) is 5.41 Å². The number of carboxylic acid groups (broad SMARTS) is 1. The first-order valence-electron chi connectivity index (χ1n) is 5.49. The van der Waals surface area contributed by atoms with E-state index < -0.39 is 35.5 Å². The lowest BCUT2D eigenvalue weighted by Gasteiger charge is -2.21. The van der Waals surface area contributed by atoms with Gasteiger partial charge in [-0.05, 0) is 26.8 Å². The highest BCUT2D eigenvalue weighted by Crippen LogP contribution is 2.19. The van der Waals surface area contributed by atoms with E-state index >= 15 is 0 Å². The lowest BCUT2D eigenvalue weighted by Crippen LogP contribution is -2.35. The van der Waals surface area contributed by atoms with E-state index in [0.717, 1.165) is 6.08 Å². The summed E-state index contributed by atoms with van der Waals surface area (Å²) in [6.07, 6.45) is 0.269. The highest BCUT2D eigenvalue weighted by molar-refractivity contribution is 5.90. The van der Waals surface area contributed by atoms with Gasteiger partial charge in [-0.1, -0.05) is 13.8 Å². The third kappa shape index (κ3) is 6.88. The average molecular weight is 261 g/mol. The van der Waals surface area contributed by atoms with Crippen LogP contribution >= 0.6 is 0 Å². The summed E-state index contributed by atoms with van der Waals surface area (Å²) in [5.74, 6) is -1.35. The molecule has 104 valence electrons. The van der Waals surface area contributed by atoms with Gasteiger partial charge in [-0.3, -0.25) is 9.71 Å². The number of aliphatic carboxylic acids is 1. The molecule has 0 rings (SSSR count). The molecule has 0 spiro atoms. The van der Waals surface area contributed by atoms with Gasteiger partial charge in [0.05, 0.1) is 6.67 Å². The van der Waals surface area contributed by atoms with Gasteiger partial charge in [-0.15, -0.1) is 0 Å². The van der Waals surface area contributed by atoms with Crippen molar-refractivity contribution in [3.63, 3.8) is 0 Å². The first-order valence-corrected chi connectivity index (χ1v) is 5.49. The van der Waals surface area contributed by atoms with E-state index in [0.29, 0.717) is 0 Å². The maximum Gasteiger partial charge on any atom is 0.412 e. The fourth-order valence-corrected chi connectivity index (χ4v) is 0.994. The molecule has 18 heavy (non-hydrogen) atoms. The molecular weight excluding hydrogens is 241 g/mol. The Balaban J connectivity index is 4.87. The smallest absolute Gasteiger partial charge is 0.412 e. The molecule has 0 aromatic carbocycles. The highest BCUT2D eigenvalue weighted by Gasteiger charge is 2.23. The van der Waals surface area contributed by atoms with E-state index in [2.05, 4.69) is 5.32 Å². The lowest BCUT2D eigenvalue weighted by atomic mass is 9.94. The number of allylic oxidation sites excluding steroid dienone is 1. The number of carbonyl (C=O) groups is 2. The zero-order chi connectivity index (χ0) is 14.6. The number of carbonyl (C=O) groups excluding carboxylic acids is 1.